The summed E-state index contributed by atoms with van der Waals surface area (Å²) in [4.78, 5) is 10.4. The number of aromatic amines is 1. The predicted octanol–water partition coefficient (Wildman–Crippen LogP) is -0.0100. The quantitative estimate of drug-likeness (QED) is 0.535. The van der Waals surface area contributed by atoms with Gasteiger partial charge in [-0.15, -0.1) is 0 Å². The van der Waals surface area contributed by atoms with Gasteiger partial charge in [0.05, 0.1) is 12.5 Å². The number of nitrogens with one attached hydrogen (secondary N) is 2. The molecule has 0 bridgehead atoms. The van der Waals surface area contributed by atoms with Crippen LogP contribution in [0.3, 0.4) is 0 Å². The van der Waals surface area contributed by atoms with Crippen molar-refractivity contribution in [1.82, 2.24) is 19.7 Å². The Bertz CT molecular complexity index is 458. The molecule has 0 saturated heterocycles. The van der Waals surface area contributed by atoms with Crippen LogP contribution in [0.2, 0.25) is 0 Å². The van der Waals surface area contributed by atoms with Gasteiger partial charge in [0, 0.05) is 12.3 Å². The van der Waals surface area contributed by atoms with Gasteiger partial charge in [0.15, 0.2) is 5.82 Å². The second-order valence-electron chi connectivity index (χ2n) is 2.45. The van der Waals surface area contributed by atoms with Gasteiger partial charge in [-0.25, -0.2) is 9.97 Å². The normalized spacial score (nSPS) is 10.2. The van der Waals surface area contributed by atoms with E-state index in [2.05, 4.69) is 15.0 Å². The van der Waals surface area contributed by atoms with Gasteiger partial charge >= 0.3 is 0 Å². The van der Waals surface area contributed by atoms with Crippen LogP contribution >= 0.6 is 0 Å². The summed E-state index contributed by atoms with van der Waals surface area (Å²) in [7, 11) is 0. The van der Waals surface area contributed by atoms with E-state index in [0.29, 0.717) is 5.69 Å². The largest absolute Gasteiger partial charge is 0.427 e. The Morgan fingerprint density at radius 3 is 3.08 bits per heavy atom. The Morgan fingerprint density at radius 1 is 1.54 bits per heavy atom. The monoisotopic (exact) mass is 177 g/mol. The lowest BCUT2D eigenvalue weighted by atomic mass is 10.4. The number of H-pyrrole nitrogens is 1. The van der Waals surface area contributed by atoms with E-state index < -0.39 is 0 Å². The second kappa shape index (κ2) is 2.74. The fourth-order valence-electron chi connectivity index (χ4n) is 0.976. The lowest BCUT2D eigenvalue weighted by molar-refractivity contribution is 0.185. The third-order valence-corrected chi connectivity index (χ3v) is 1.56. The second-order valence-corrected chi connectivity index (χ2v) is 2.45. The first-order valence-corrected chi connectivity index (χ1v) is 3.59. The number of nitrogens with zero attached hydrogens (tertiary/aromatic N) is 3. The Morgan fingerprint density at radius 2 is 2.38 bits per heavy atom. The van der Waals surface area contributed by atoms with Crippen molar-refractivity contribution in [2.45, 2.75) is 0 Å². The third-order valence-electron chi connectivity index (χ3n) is 1.56. The van der Waals surface area contributed by atoms with Crippen molar-refractivity contribution in [1.29, 1.82) is 5.41 Å². The van der Waals surface area contributed by atoms with Crippen LogP contribution in [0.15, 0.2) is 24.8 Å². The molecule has 0 radical (unpaired) electrons. The summed E-state index contributed by atoms with van der Waals surface area (Å²) in [5, 5.41) is 16.6. The van der Waals surface area contributed by atoms with Crippen molar-refractivity contribution < 1.29 is 5.21 Å². The number of hydrogen-bond donors (Lipinski definition) is 3. The highest BCUT2D eigenvalue weighted by molar-refractivity contribution is 5.46. The molecule has 0 saturated carbocycles. The molecule has 2 heterocycles. The zero-order valence-corrected chi connectivity index (χ0v) is 6.60. The predicted molar refractivity (Wildman–Crippen MR) is 42.8 cm³/mol. The highest BCUT2D eigenvalue weighted by Crippen LogP contribution is 2.08. The first kappa shape index (κ1) is 7.53. The molecule has 0 unspecified atom stereocenters. The molecule has 0 fully saturated rings. The van der Waals surface area contributed by atoms with Crippen LogP contribution in [0.5, 0.6) is 0 Å². The number of imidazole rings is 1. The van der Waals surface area contributed by atoms with E-state index in [1.165, 1.54) is 24.8 Å². The molecular weight excluding hydrogens is 170 g/mol. The van der Waals surface area contributed by atoms with Crippen LogP contribution in [0, 0.1) is 5.41 Å². The number of aromatic nitrogens is 4. The number of hydrogen-bond acceptors (Lipinski definition) is 4. The smallest absolute Gasteiger partial charge is 0.195 e. The van der Waals surface area contributed by atoms with Gasteiger partial charge < -0.3 is 10.2 Å². The molecule has 66 valence electrons. The average molecular weight is 177 g/mol. The van der Waals surface area contributed by atoms with Gasteiger partial charge in [-0.1, -0.05) is 0 Å². The summed E-state index contributed by atoms with van der Waals surface area (Å²) >= 11 is 0. The summed E-state index contributed by atoms with van der Waals surface area (Å²) < 4.78 is 0.839. The van der Waals surface area contributed by atoms with Crippen molar-refractivity contribution >= 4 is 0 Å². The van der Waals surface area contributed by atoms with Crippen LogP contribution in [0.1, 0.15) is 0 Å². The molecule has 2 aromatic rings. The Balaban J connectivity index is 2.64. The van der Waals surface area contributed by atoms with Gasteiger partial charge in [-0.05, 0) is 0 Å². The first-order chi connectivity index (χ1) is 6.27. The van der Waals surface area contributed by atoms with Crippen molar-refractivity contribution in [3.05, 3.63) is 30.3 Å². The van der Waals surface area contributed by atoms with Crippen LogP contribution in [-0.4, -0.2) is 24.9 Å². The van der Waals surface area contributed by atoms with Crippen molar-refractivity contribution in [3.8, 4) is 11.5 Å². The summed E-state index contributed by atoms with van der Waals surface area (Å²) in [6.07, 6.45) is 4.35. The van der Waals surface area contributed by atoms with Crippen LogP contribution in [-0.2, 0) is 0 Å². The minimum atomic E-state index is 0.0925. The lowest BCUT2D eigenvalue weighted by Crippen LogP contribution is -2.11. The molecule has 3 N–H and O–H groups in total. The molecule has 0 aliphatic heterocycles. The fraction of sp³-hybridized carbons (Fsp3) is 0. The Labute approximate surface area is 73.0 Å². The maximum atomic E-state index is 9.33. The molecule has 0 aliphatic carbocycles. The molecule has 13 heavy (non-hydrogen) atoms. The van der Waals surface area contributed by atoms with Crippen LogP contribution in [0.4, 0.5) is 0 Å². The van der Waals surface area contributed by atoms with Gasteiger partial charge in [0.1, 0.15) is 11.2 Å². The van der Waals surface area contributed by atoms with E-state index in [-0.39, 0.29) is 11.3 Å². The lowest BCUT2D eigenvalue weighted by Gasteiger charge is -2.01. The van der Waals surface area contributed by atoms with Crippen molar-refractivity contribution in [3.63, 3.8) is 0 Å². The zero-order chi connectivity index (χ0) is 9.26. The van der Waals surface area contributed by atoms with Gasteiger partial charge in [0.2, 0.25) is 0 Å². The molecule has 6 heteroatoms. The molecule has 6 nitrogen and oxygen atoms in total. The molecular formula is C7H7N5O. The molecule has 0 amide bonds. The Kier molecular flexibility index (Phi) is 1.59. The van der Waals surface area contributed by atoms with Crippen molar-refractivity contribution in [2.75, 3.05) is 0 Å². The molecule has 0 aromatic carbocycles. The standard InChI is InChI=1S/C7H7N5O/c8-6-1-2-12(13)7(11-6)5-3-9-4-10-5/h1-4,8,13H,(H,9,10). The van der Waals surface area contributed by atoms with E-state index in [1.807, 2.05) is 0 Å². The summed E-state index contributed by atoms with van der Waals surface area (Å²) in [6.45, 7) is 0. The summed E-state index contributed by atoms with van der Waals surface area (Å²) in [5.41, 5.74) is 0.659. The SMILES string of the molecule is N=c1ccn(O)c(-c2cnc[nH]2)n1. The maximum absolute atomic E-state index is 9.33. The average Bonchev–Trinajstić information content (AvgIpc) is 2.61. The van der Waals surface area contributed by atoms with Crippen molar-refractivity contribution in [2.24, 2.45) is 0 Å². The zero-order valence-electron chi connectivity index (χ0n) is 6.60. The van der Waals surface area contributed by atoms with E-state index in [0.717, 1.165) is 4.73 Å². The van der Waals surface area contributed by atoms with E-state index in [1.54, 1.807) is 0 Å². The molecule has 0 atom stereocenters. The van der Waals surface area contributed by atoms with E-state index in [9.17, 15) is 5.21 Å². The third kappa shape index (κ3) is 1.28. The number of rotatable bonds is 1. The fourth-order valence-corrected chi connectivity index (χ4v) is 0.976. The molecule has 2 rings (SSSR count). The van der Waals surface area contributed by atoms with E-state index >= 15 is 0 Å². The molecule has 0 aliphatic rings. The van der Waals surface area contributed by atoms with Crippen LogP contribution in [0.25, 0.3) is 11.5 Å². The molecule has 0 spiro atoms. The minimum absolute atomic E-state index is 0.0925. The van der Waals surface area contributed by atoms with Gasteiger partial charge in [-0.3, -0.25) is 5.41 Å². The summed E-state index contributed by atoms with van der Waals surface area (Å²) in [6, 6.07) is 1.39. The topological polar surface area (TPSA) is 90.6 Å². The van der Waals surface area contributed by atoms with Crippen LogP contribution < -0.4 is 5.49 Å². The van der Waals surface area contributed by atoms with Gasteiger partial charge in [-0.2, -0.15) is 4.73 Å². The summed E-state index contributed by atoms with van der Waals surface area (Å²) in [5.74, 6) is 0.269. The van der Waals surface area contributed by atoms with Gasteiger partial charge in [0.25, 0.3) is 0 Å². The highest BCUT2D eigenvalue weighted by atomic mass is 16.5. The minimum Gasteiger partial charge on any atom is -0.427 e. The molecule has 2 aromatic heterocycles. The van der Waals surface area contributed by atoms with E-state index in [4.69, 9.17) is 5.41 Å². The first-order valence-electron chi connectivity index (χ1n) is 3.59. The Hall–Kier alpha value is -2.11. The maximum Gasteiger partial charge on any atom is 0.195 e. The highest BCUT2D eigenvalue weighted by Gasteiger charge is 2.04.